The molecule has 1 fully saturated rings. The first kappa shape index (κ1) is 16.5. The summed E-state index contributed by atoms with van der Waals surface area (Å²) in [6.45, 7) is 3.52. The van der Waals surface area contributed by atoms with Gasteiger partial charge in [0.2, 0.25) is 17.7 Å². The van der Waals surface area contributed by atoms with E-state index >= 15 is 0 Å². The number of nitrogens with one attached hydrogen (secondary N) is 1. The minimum absolute atomic E-state index is 0.0140. The predicted octanol–water partition coefficient (Wildman–Crippen LogP) is 1.47. The van der Waals surface area contributed by atoms with Crippen molar-refractivity contribution >= 4 is 39.3 Å². The molecule has 6 nitrogen and oxygen atoms in total. The molecule has 0 aliphatic carbocycles. The number of halogens is 1. The van der Waals surface area contributed by atoms with Crippen LogP contribution < -0.4 is 5.32 Å². The van der Waals surface area contributed by atoms with E-state index in [4.69, 9.17) is 0 Å². The lowest BCUT2D eigenvalue weighted by Crippen LogP contribution is -2.50. The third-order valence-electron chi connectivity index (χ3n) is 3.52. The van der Waals surface area contributed by atoms with E-state index in [1.165, 1.54) is 6.92 Å². The van der Waals surface area contributed by atoms with Gasteiger partial charge in [0.15, 0.2) is 0 Å². The van der Waals surface area contributed by atoms with Crippen molar-refractivity contribution in [2.24, 2.45) is 0 Å². The smallest absolute Gasteiger partial charge is 0.233 e. The molecule has 118 valence electrons. The van der Waals surface area contributed by atoms with E-state index in [9.17, 15) is 14.4 Å². The van der Waals surface area contributed by atoms with E-state index < -0.39 is 0 Å². The van der Waals surface area contributed by atoms with Gasteiger partial charge in [-0.2, -0.15) is 0 Å². The lowest BCUT2D eigenvalue weighted by molar-refractivity contribution is -0.140. The van der Waals surface area contributed by atoms with Crippen LogP contribution in [0.25, 0.3) is 0 Å². The highest BCUT2D eigenvalue weighted by atomic mass is 79.9. The summed E-state index contributed by atoms with van der Waals surface area (Å²) in [6, 6.07) is 7.16. The van der Waals surface area contributed by atoms with Crippen molar-refractivity contribution in [3.05, 3.63) is 28.7 Å². The fraction of sp³-hybridized carbons (Fsp3) is 0.400. The van der Waals surface area contributed by atoms with Crippen molar-refractivity contribution in [3.8, 4) is 0 Å². The van der Waals surface area contributed by atoms with E-state index in [1.54, 1.807) is 21.9 Å². The Morgan fingerprint density at radius 3 is 2.14 bits per heavy atom. The van der Waals surface area contributed by atoms with Gasteiger partial charge in [-0.1, -0.05) is 15.9 Å². The molecule has 0 aromatic heterocycles. The van der Waals surface area contributed by atoms with Crippen LogP contribution in [0.15, 0.2) is 28.7 Å². The van der Waals surface area contributed by atoms with Gasteiger partial charge in [-0.15, -0.1) is 0 Å². The molecular weight excluding hydrogens is 350 g/mol. The molecule has 1 heterocycles. The van der Waals surface area contributed by atoms with Crippen molar-refractivity contribution in [2.75, 3.05) is 31.5 Å². The summed E-state index contributed by atoms with van der Waals surface area (Å²) < 4.78 is 0.921. The van der Waals surface area contributed by atoms with E-state index in [1.807, 2.05) is 12.1 Å². The van der Waals surface area contributed by atoms with Crippen LogP contribution in [-0.2, 0) is 14.4 Å². The lowest BCUT2D eigenvalue weighted by Gasteiger charge is -2.34. The van der Waals surface area contributed by atoms with Crippen LogP contribution >= 0.6 is 15.9 Å². The van der Waals surface area contributed by atoms with Crippen LogP contribution in [0.3, 0.4) is 0 Å². The molecule has 1 N–H and O–H groups in total. The Balaban J connectivity index is 1.80. The van der Waals surface area contributed by atoms with E-state index in [0.29, 0.717) is 31.9 Å². The largest absolute Gasteiger partial charge is 0.339 e. The molecule has 0 radical (unpaired) electrons. The quantitative estimate of drug-likeness (QED) is 0.822. The van der Waals surface area contributed by atoms with Crippen molar-refractivity contribution < 1.29 is 14.4 Å². The Hall–Kier alpha value is -1.89. The molecule has 1 aromatic rings. The Labute approximate surface area is 137 Å². The maximum absolute atomic E-state index is 12.1. The SMILES string of the molecule is CC(=O)N1CCN(C(=O)CC(=O)Nc2ccc(Br)cc2)CC1. The Morgan fingerprint density at radius 1 is 1.05 bits per heavy atom. The molecule has 1 aromatic carbocycles. The second kappa shape index (κ2) is 7.40. The van der Waals surface area contributed by atoms with Gasteiger partial charge in [-0.3, -0.25) is 14.4 Å². The summed E-state index contributed by atoms with van der Waals surface area (Å²) in [4.78, 5) is 38.5. The fourth-order valence-electron chi connectivity index (χ4n) is 2.26. The molecule has 1 aliphatic rings. The van der Waals surface area contributed by atoms with Gasteiger partial charge in [0.05, 0.1) is 0 Å². The molecule has 3 amide bonds. The molecule has 0 unspecified atom stereocenters. The van der Waals surface area contributed by atoms with Crippen LogP contribution in [-0.4, -0.2) is 53.7 Å². The van der Waals surface area contributed by atoms with Gasteiger partial charge >= 0.3 is 0 Å². The summed E-state index contributed by atoms with van der Waals surface area (Å²) in [5.41, 5.74) is 0.655. The van der Waals surface area contributed by atoms with Crippen LogP contribution in [0.4, 0.5) is 5.69 Å². The van der Waals surface area contributed by atoms with Gasteiger partial charge in [0.1, 0.15) is 6.42 Å². The van der Waals surface area contributed by atoms with E-state index in [2.05, 4.69) is 21.2 Å². The molecule has 0 spiro atoms. The van der Waals surface area contributed by atoms with E-state index in [-0.39, 0.29) is 24.1 Å². The number of piperazine rings is 1. The predicted molar refractivity (Wildman–Crippen MR) is 86.2 cm³/mol. The average molecular weight is 368 g/mol. The highest BCUT2D eigenvalue weighted by Gasteiger charge is 2.23. The number of hydrogen-bond donors (Lipinski definition) is 1. The lowest BCUT2D eigenvalue weighted by atomic mass is 10.2. The maximum Gasteiger partial charge on any atom is 0.233 e. The number of nitrogens with zero attached hydrogens (tertiary/aromatic N) is 2. The maximum atomic E-state index is 12.1. The standard InChI is InChI=1S/C15H18BrN3O3/c1-11(20)18-6-8-19(9-7-18)15(22)10-14(21)17-13-4-2-12(16)3-5-13/h2-5H,6-10H2,1H3,(H,17,21). The molecule has 0 saturated carbocycles. The van der Waals surface area contributed by atoms with Crippen LogP contribution in [0.2, 0.25) is 0 Å². The van der Waals surface area contributed by atoms with Crippen molar-refractivity contribution in [1.82, 2.24) is 9.80 Å². The third kappa shape index (κ3) is 4.56. The zero-order chi connectivity index (χ0) is 16.1. The second-order valence-corrected chi connectivity index (χ2v) is 6.03. The number of hydrogen-bond acceptors (Lipinski definition) is 3. The Bertz CT molecular complexity index is 566. The Morgan fingerprint density at radius 2 is 1.59 bits per heavy atom. The molecule has 1 saturated heterocycles. The number of rotatable bonds is 3. The average Bonchev–Trinajstić information content (AvgIpc) is 2.49. The molecule has 22 heavy (non-hydrogen) atoms. The van der Waals surface area contributed by atoms with Crippen LogP contribution in [0.1, 0.15) is 13.3 Å². The molecule has 7 heteroatoms. The first-order valence-electron chi connectivity index (χ1n) is 7.04. The van der Waals surface area contributed by atoms with Crippen molar-refractivity contribution in [1.29, 1.82) is 0 Å². The molecule has 0 atom stereocenters. The van der Waals surface area contributed by atoms with Crippen LogP contribution in [0.5, 0.6) is 0 Å². The first-order chi connectivity index (χ1) is 10.5. The summed E-state index contributed by atoms with van der Waals surface area (Å²) >= 11 is 3.32. The number of anilines is 1. The topological polar surface area (TPSA) is 69.7 Å². The monoisotopic (exact) mass is 367 g/mol. The van der Waals surface area contributed by atoms with E-state index in [0.717, 1.165) is 4.47 Å². The molecule has 0 bridgehead atoms. The van der Waals surface area contributed by atoms with Gasteiger partial charge < -0.3 is 15.1 Å². The van der Waals surface area contributed by atoms with Crippen LogP contribution in [0, 0.1) is 0 Å². The minimum Gasteiger partial charge on any atom is -0.339 e. The minimum atomic E-state index is -0.332. The summed E-state index contributed by atoms with van der Waals surface area (Å²) in [6.07, 6.45) is -0.184. The van der Waals surface area contributed by atoms with Crippen molar-refractivity contribution in [3.63, 3.8) is 0 Å². The zero-order valence-electron chi connectivity index (χ0n) is 12.3. The van der Waals surface area contributed by atoms with Gasteiger partial charge in [-0.25, -0.2) is 0 Å². The van der Waals surface area contributed by atoms with Crippen molar-refractivity contribution in [2.45, 2.75) is 13.3 Å². The first-order valence-corrected chi connectivity index (χ1v) is 7.83. The number of amides is 3. The normalized spacial score (nSPS) is 14.6. The Kier molecular flexibility index (Phi) is 5.54. The highest BCUT2D eigenvalue weighted by molar-refractivity contribution is 9.10. The summed E-state index contributed by atoms with van der Waals surface area (Å²) in [7, 11) is 0. The highest BCUT2D eigenvalue weighted by Crippen LogP contribution is 2.14. The number of benzene rings is 1. The fourth-order valence-corrected chi connectivity index (χ4v) is 2.52. The van der Waals surface area contributed by atoms with Gasteiger partial charge in [0, 0.05) is 43.3 Å². The molecular formula is C15H18BrN3O3. The third-order valence-corrected chi connectivity index (χ3v) is 4.05. The summed E-state index contributed by atoms with van der Waals surface area (Å²) in [5.74, 6) is -0.529. The molecule has 1 aliphatic heterocycles. The van der Waals surface area contributed by atoms with Gasteiger partial charge in [-0.05, 0) is 24.3 Å². The number of carbonyl (C=O) groups excluding carboxylic acids is 3. The number of carbonyl (C=O) groups is 3. The summed E-state index contributed by atoms with van der Waals surface area (Å²) in [5, 5.41) is 2.69. The zero-order valence-corrected chi connectivity index (χ0v) is 13.9. The van der Waals surface area contributed by atoms with Gasteiger partial charge in [0.25, 0.3) is 0 Å². The second-order valence-electron chi connectivity index (χ2n) is 5.12. The molecule has 2 rings (SSSR count).